The lowest BCUT2D eigenvalue weighted by Gasteiger charge is -2.28. The summed E-state index contributed by atoms with van der Waals surface area (Å²) in [5.41, 5.74) is 0.431. The molecule has 1 fully saturated rings. The minimum atomic E-state index is -1.16. The van der Waals surface area contributed by atoms with Gasteiger partial charge in [0.05, 0.1) is 0 Å². The zero-order chi connectivity index (χ0) is 15.2. The van der Waals surface area contributed by atoms with Gasteiger partial charge < -0.3 is 9.64 Å². The van der Waals surface area contributed by atoms with E-state index in [2.05, 4.69) is 0 Å². The lowest BCUT2D eigenvalue weighted by Crippen LogP contribution is -2.47. The van der Waals surface area contributed by atoms with Crippen molar-refractivity contribution in [2.45, 2.75) is 38.8 Å². The molecule has 21 heavy (non-hydrogen) atoms. The Morgan fingerprint density at radius 2 is 1.86 bits per heavy atom. The number of carbonyl (C=O) groups is 3. The van der Waals surface area contributed by atoms with Crippen molar-refractivity contribution < 1.29 is 19.1 Å². The summed E-state index contributed by atoms with van der Waals surface area (Å²) in [7, 11) is 0. The van der Waals surface area contributed by atoms with E-state index in [1.54, 1.807) is 30.3 Å². The molecule has 1 aliphatic heterocycles. The molecule has 112 valence electrons. The number of amides is 1. The molecule has 1 atom stereocenters. The number of nitrogens with zero attached hydrogens (tertiary/aromatic N) is 1. The number of hydrogen-bond donors (Lipinski definition) is 0. The van der Waals surface area contributed by atoms with Gasteiger partial charge in [0.2, 0.25) is 17.9 Å². The number of carbonyl (C=O) groups excluding carboxylic acids is 3. The summed E-state index contributed by atoms with van der Waals surface area (Å²) >= 11 is 0. The molecule has 0 aliphatic carbocycles. The predicted octanol–water partition coefficient (Wildman–Crippen LogP) is 2.16. The fourth-order valence-electron chi connectivity index (χ4n) is 2.41. The van der Waals surface area contributed by atoms with Crippen molar-refractivity contribution in [3.8, 4) is 0 Å². The predicted molar refractivity (Wildman–Crippen MR) is 76.5 cm³/mol. The van der Waals surface area contributed by atoms with E-state index in [0.717, 1.165) is 19.3 Å². The van der Waals surface area contributed by atoms with Crippen LogP contribution in [-0.2, 0) is 14.3 Å². The molecule has 1 heterocycles. The molecule has 1 unspecified atom stereocenters. The SMILES string of the molecule is CC(=O)OC(C(=O)c1ccccc1)N1CCCCCC1=O. The number of hydrogen-bond acceptors (Lipinski definition) is 4. The lowest BCUT2D eigenvalue weighted by molar-refractivity contribution is -0.158. The highest BCUT2D eigenvalue weighted by Crippen LogP contribution is 2.18. The number of esters is 1. The van der Waals surface area contributed by atoms with Crippen LogP contribution in [0.1, 0.15) is 43.0 Å². The highest BCUT2D eigenvalue weighted by molar-refractivity contribution is 6.01. The molecule has 1 saturated heterocycles. The van der Waals surface area contributed by atoms with E-state index in [-0.39, 0.29) is 11.7 Å². The molecule has 2 rings (SSSR count). The minimum Gasteiger partial charge on any atom is -0.434 e. The van der Waals surface area contributed by atoms with Gasteiger partial charge in [-0.05, 0) is 12.8 Å². The van der Waals surface area contributed by atoms with Gasteiger partial charge in [0.1, 0.15) is 0 Å². The van der Waals surface area contributed by atoms with Gasteiger partial charge in [-0.1, -0.05) is 36.8 Å². The van der Waals surface area contributed by atoms with Gasteiger partial charge in [-0.3, -0.25) is 14.4 Å². The largest absolute Gasteiger partial charge is 0.434 e. The molecular formula is C16H19NO4. The molecule has 0 N–H and O–H groups in total. The summed E-state index contributed by atoms with van der Waals surface area (Å²) in [4.78, 5) is 37.4. The van der Waals surface area contributed by atoms with Crippen LogP contribution in [0.2, 0.25) is 0 Å². The Balaban J connectivity index is 2.26. The first-order valence-electron chi connectivity index (χ1n) is 7.15. The van der Waals surface area contributed by atoms with Crippen molar-refractivity contribution in [2.75, 3.05) is 6.54 Å². The van der Waals surface area contributed by atoms with Gasteiger partial charge in [-0.2, -0.15) is 0 Å². The minimum absolute atomic E-state index is 0.136. The standard InChI is InChI=1S/C16H19NO4/c1-12(18)21-16(15(20)13-8-4-2-5-9-13)17-11-7-3-6-10-14(17)19/h2,4-5,8-9,16H,3,6-7,10-11H2,1H3. The second kappa shape index (κ2) is 7.02. The van der Waals surface area contributed by atoms with Crippen molar-refractivity contribution in [1.82, 2.24) is 4.90 Å². The molecule has 0 aromatic heterocycles. The van der Waals surface area contributed by atoms with E-state index < -0.39 is 12.2 Å². The van der Waals surface area contributed by atoms with Gasteiger partial charge >= 0.3 is 5.97 Å². The molecule has 0 radical (unpaired) electrons. The molecule has 1 aromatic carbocycles. The van der Waals surface area contributed by atoms with Gasteiger partial charge in [0, 0.05) is 25.5 Å². The fraction of sp³-hybridized carbons (Fsp3) is 0.438. The smallest absolute Gasteiger partial charge is 0.304 e. The van der Waals surface area contributed by atoms with Gasteiger partial charge in [0.25, 0.3) is 0 Å². The van der Waals surface area contributed by atoms with E-state index in [4.69, 9.17) is 4.74 Å². The second-order valence-corrected chi connectivity index (χ2v) is 5.09. The van der Waals surface area contributed by atoms with Crippen LogP contribution in [0, 0.1) is 0 Å². The maximum absolute atomic E-state index is 12.6. The van der Waals surface area contributed by atoms with Crippen LogP contribution in [0.4, 0.5) is 0 Å². The van der Waals surface area contributed by atoms with Gasteiger partial charge in [-0.25, -0.2) is 0 Å². The third-order valence-electron chi connectivity index (χ3n) is 3.45. The van der Waals surface area contributed by atoms with Crippen LogP contribution in [-0.4, -0.2) is 35.3 Å². The maximum Gasteiger partial charge on any atom is 0.304 e. The summed E-state index contributed by atoms with van der Waals surface area (Å²) < 4.78 is 5.15. The quantitative estimate of drug-likeness (QED) is 0.629. The molecule has 0 bridgehead atoms. The molecule has 1 aliphatic rings. The maximum atomic E-state index is 12.6. The van der Waals surface area contributed by atoms with Crippen molar-refractivity contribution >= 4 is 17.7 Å². The second-order valence-electron chi connectivity index (χ2n) is 5.09. The molecule has 1 aromatic rings. The van der Waals surface area contributed by atoms with Crippen molar-refractivity contribution in [1.29, 1.82) is 0 Å². The number of ketones is 1. The zero-order valence-electron chi connectivity index (χ0n) is 12.1. The number of likely N-dealkylation sites (tertiary alicyclic amines) is 1. The monoisotopic (exact) mass is 289 g/mol. The number of ether oxygens (including phenoxy) is 1. The van der Waals surface area contributed by atoms with Crippen LogP contribution in [0.15, 0.2) is 30.3 Å². The van der Waals surface area contributed by atoms with Crippen molar-refractivity contribution in [3.63, 3.8) is 0 Å². The lowest BCUT2D eigenvalue weighted by atomic mass is 10.1. The summed E-state index contributed by atoms with van der Waals surface area (Å²) in [5.74, 6) is -1.06. The molecule has 1 amide bonds. The molecule has 5 heteroatoms. The highest BCUT2D eigenvalue weighted by Gasteiger charge is 2.33. The molecular weight excluding hydrogens is 270 g/mol. The first-order chi connectivity index (χ1) is 10.1. The van der Waals surface area contributed by atoms with E-state index in [9.17, 15) is 14.4 Å². The summed E-state index contributed by atoms with van der Waals surface area (Å²) in [6.45, 7) is 1.68. The van der Waals surface area contributed by atoms with E-state index in [1.165, 1.54) is 11.8 Å². The fourth-order valence-corrected chi connectivity index (χ4v) is 2.41. The third-order valence-corrected chi connectivity index (χ3v) is 3.45. The Kier molecular flexibility index (Phi) is 5.09. The Hall–Kier alpha value is -2.17. The van der Waals surface area contributed by atoms with Crippen LogP contribution in [0.5, 0.6) is 0 Å². The number of Topliss-reactive ketones (excluding diaryl/α,β-unsaturated/α-hetero) is 1. The Bertz CT molecular complexity index is 526. The molecule has 0 saturated carbocycles. The average molecular weight is 289 g/mol. The van der Waals surface area contributed by atoms with E-state index >= 15 is 0 Å². The number of benzene rings is 1. The van der Waals surface area contributed by atoms with Crippen LogP contribution in [0.3, 0.4) is 0 Å². The van der Waals surface area contributed by atoms with Gasteiger partial charge in [0.15, 0.2) is 0 Å². The Morgan fingerprint density at radius 1 is 1.14 bits per heavy atom. The normalized spacial score (nSPS) is 17.0. The molecule has 5 nitrogen and oxygen atoms in total. The first-order valence-corrected chi connectivity index (χ1v) is 7.15. The van der Waals surface area contributed by atoms with E-state index in [0.29, 0.717) is 18.5 Å². The van der Waals surface area contributed by atoms with Crippen LogP contribution < -0.4 is 0 Å². The Labute approximate surface area is 123 Å². The Morgan fingerprint density at radius 3 is 2.52 bits per heavy atom. The molecule has 0 spiro atoms. The third kappa shape index (κ3) is 3.90. The van der Waals surface area contributed by atoms with E-state index in [1.807, 2.05) is 0 Å². The van der Waals surface area contributed by atoms with Gasteiger partial charge in [-0.15, -0.1) is 0 Å². The first kappa shape index (κ1) is 15.2. The van der Waals surface area contributed by atoms with Crippen molar-refractivity contribution in [3.05, 3.63) is 35.9 Å². The van der Waals surface area contributed by atoms with Crippen molar-refractivity contribution in [2.24, 2.45) is 0 Å². The summed E-state index contributed by atoms with van der Waals surface area (Å²) in [6.07, 6.45) is 1.79. The topological polar surface area (TPSA) is 63.7 Å². The highest BCUT2D eigenvalue weighted by atomic mass is 16.6. The summed E-state index contributed by atoms with van der Waals surface area (Å²) in [6, 6.07) is 8.58. The summed E-state index contributed by atoms with van der Waals surface area (Å²) in [5, 5.41) is 0. The van der Waals surface area contributed by atoms with Crippen LogP contribution in [0.25, 0.3) is 0 Å². The number of rotatable bonds is 4. The zero-order valence-corrected chi connectivity index (χ0v) is 12.1. The van der Waals surface area contributed by atoms with Crippen LogP contribution >= 0.6 is 0 Å². The average Bonchev–Trinajstić information content (AvgIpc) is 2.69.